The van der Waals surface area contributed by atoms with E-state index in [1.165, 1.54) is 65.7 Å². The molecule has 0 unspecified atom stereocenters. The van der Waals surface area contributed by atoms with Gasteiger partial charge in [0.15, 0.2) is 11.6 Å². The molecule has 2 N–H and O–H groups in total. The van der Waals surface area contributed by atoms with Crippen molar-refractivity contribution in [3.63, 3.8) is 0 Å². The van der Waals surface area contributed by atoms with Crippen LogP contribution in [0.15, 0.2) is 107 Å². The number of carbonyl (C=O) groups excluding carboxylic acids is 2. The molecule has 0 amide bonds. The molecule has 0 aliphatic heterocycles. The number of aryl methyl sites for hydroxylation is 2. The van der Waals surface area contributed by atoms with Gasteiger partial charge in [0, 0.05) is 45.6 Å². The Morgan fingerprint density at radius 1 is 0.611 bits per heavy atom. The fraction of sp³-hybridized carbons (Fsp3) is 0.150. The third-order valence-electron chi connectivity index (χ3n) is 8.02. The van der Waals surface area contributed by atoms with Crippen molar-refractivity contribution >= 4 is 57.5 Å². The first-order valence-corrected chi connectivity index (χ1v) is 17.5. The van der Waals surface area contributed by atoms with Gasteiger partial charge < -0.3 is 10.6 Å². The second-order valence-corrected chi connectivity index (χ2v) is 12.7. The van der Waals surface area contributed by atoms with Crippen LogP contribution in [-0.4, -0.2) is 31.1 Å². The zero-order valence-electron chi connectivity index (χ0n) is 29.6. The van der Waals surface area contributed by atoms with Gasteiger partial charge in [-0.2, -0.15) is 10.2 Å². The Hall–Kier alpha value is -5.98. The minimum Gasteiger partial charge on any atom is -0.350 e. The predicted molar refractivity (Wildman–Crippen MR) is 209 cm³/mol. The van der Waals surface area contributed by atoms with E-state index in [9.17, 15) is 28.0 Å². The Balaban J connectivity index is 0.000000208. The molecule has 2 heterocycles. The summed E-state index contributed by atoms with van der Waals surface area (Å²) < 4.78 is 29.4. The molecule has 0 atom stereocenters. The van der Waals surface area contributed by atoms with Crippen LogP contribution in [0.1, 0.15) is 48.4 Å². The van der Waals surface area contributed by atoms with E-state index in [1.54, 1.807) is 68.4 Å². The van der Waals surface area contributed by atoms with E-state index in [2.05, 4.69) is 20.8 Å². The van der Waals surface area contributed by atoms with Gasteiger partial charge in [0.1, 0.15) is 34.4 Å². The second kappa shape index (κ2) is 17.2. The first-order valence-electron chi connectivity index (χ1n) is 16.7. The van der Waals surface area contributed by atoms with Crippen molar-refractivity contribution in [1.29, 1.82) is 0 Å². The number of ketones is 2. The second-order valence-electron chi connectivity index (χ2n) is 11.8. The maximum absolute atomic E-state index is 13.5. The van der Waals surface area contributed by atoms with Gasteiger partial charge >= 0.3 is 0 Å². The van der Waals surface area contributed by atoms with E-state index >= 15 is 0 Å². The standard InChI is InChI=1S/2C20H17ClFN3O2/c1-3-25-20(27)19(23-16-9-5-8-15(22)11-16)17(12(2)26)18(24-25)13-6-4-7-14(21)10-13;1-3-25-20(27)19(23-16-6-4-5-14(21)11-16)17(12(2)26)18(24-25)13-7-9-15(22)10-8-13/h2*4-11,23H,3H2,1-2H3. The molecule has 2 aromatic heterocycles. The molecule has 10 nitrogen and oxygen atoms in total. The number of hydrogen-bond acceptors (Lipinski definition) is 8. The summed E-state index contributed by atoms with van der Waals surface area (Å²) >= 11 is 12.1. The molecular formula is C40H34Cl2F2N6O4. The van der Waals surface area contributed by atoms with Crippen LogP contribution >= 0.6 is 23.2 Å². The van der Waals surface area contributed by atoms with E-state index in [4.69, 9.17) is 23.2 Å². The number of halogens is 4. The fourth-order valence-corrected chi connectivity index (χ4v) is 5.94. The molecule has 0 aliphatic rings. The first kappa shape index (κ1) is 39.2. The summed E-state index contributed by atoms with van der Waals surface area (Å²) in [4.78, 5) is 50.5. The Bertz CT molecular complexity index is 2490. The molecule has 4 aromatic carbocycles. The van der Waals surface area contributed by atoms with Crippen molar-refractivity contribution < 1.29 is 18.4 Å². The van der Waals surface area contributed by atoms with Crippen molar-refractivity contribution in [2.45, 2.75) is 40.8 Å². The third-order valence-corrected chi connectivity index (χ3v) is 8.49. The molecule has 0 saturated carbocycles. The summed E-state index contributed by atoms with van der Waals surface area (Å²) in [5.41, 5.74) is 2.30. The Kier molecular flexibility index (Phi) is 12.5. The normalized spacial score (nSPS) is 10.7. The number of nitrogens with one attached hydrogen (secondary N) is 2. The molecule has 14 heteroatoms. The van der Waals surface area contributed by atoms with E-state index in [-0.39, 0.29) is 34.1 Å². The molecule has 0 spiro atoms. The molecule has 54 heavy (non-hydrogen) atoms. The predicted octanol–water partition coefficient (Wildman–Crippen LogP) is 9.34. The van der Waals surface area contributed by atoms with Crippen molar-refractivity contribution in [3.8, 4) is 22.5 Å². The monoisotopic (exact) mass is 770 g/mol. The quantitative estimate of drug-likeness (QED) is 0.132. The number of Topliss-reactive ketones (excluding diaryl/α,β-unsaturated/α-hetero) is 2. The Labute approximate surface area is 319 Å². The molecule has 0 bridgehead atoms. The van der Waals surface area contributed by atoms with Crippen LogP contribution in [0.2, 0.25) is 10.0 Å². The van der Waals surface area contributed by atoms with E-state index in [0.29, 0.717) is 57.0 Å². The lowest BCUT2D eigenvalue weighted by Crippen LogP contribution is -2.28. The van der Waals surface area contributed by atoms with Crippen LogP contribution in [0.5, 0.6) is 0 Å². The highest BCUT2D eigenvalue weighted by Gasteiger charge is 2.23. The van der Waals surface area contributed by atoms with E-state index in [1.807, 2.05) is 0 Å². The summed E-state index contributed by atoms with van der Waals surface area (Å²) in [6, 6.07) is 25.0. The summed E-state index contributed by atoms with van der Waals surface area (Å²) in [6.45, 7) is 6.90. The average molecular weight is 772 g/mol. The van der Waals surface area contributed by atoms with Crippen LogP contribution < -0.4 is 21.8 Å². The molecule has 6 rings (SSSR count). The highest BCUT2D eigenvalue weighted by molar-refractivity contribution is 6.31. The highest BCUT2D eigenvalue weighted by Crippen LogP contribution is 2.30. The van der Waals surface area contributed by atoms with Crippen LogP contribution in [0.25, 0.3) is 22.5 Å². The van der Waals surface area contributed by atoms with Gasteiger partial charge in [-0.05, 0) is 100 Å². The summed E-state index contributed by atoms with van der Waals surface area (Å²) in [7, 11) is 0. The lowest BCUT2D eigenvalue weighted by molar-refractivity contribution is 0.101. The van der Waals surface area contributed by atoms with Gasteiger partial charge in [0.2, 0.25) is 0 Å². The SMILES string of the molecule is CCn1nc(-c2ccc(F)cc2)c(C(C)=O)c(Nc2cccc(Cl)c2)c1=O.CCn1nc(-c2cccc(Cl)c2)c(C(C)=O)c(Nc2cccc(F)c2)c1=O. The lowest BCUT2D eigenvalue weighted by atomic mass is 10.0. The van der Waals surface area contributed by atoms with Crippen LogP contribution in [-0.2, 0) is 13.1 Å². The smallest absolute Gasteiger partial charge is 0.291 e. The third kappa shape index (κ3) is 8.96. The average Bonchev–Trinajstić information content (AvgIpc) is 3.13. The minimum atomic E-state index is -0.460. The van der Waals surface area contributed by atoms with Crippen molar-refractivity contribution in [3.05, 3.63) is 151 Å². The zero-order valence-corrected chi connectivity index (χ0v) is 31.1. The molecule has 0 radical (unpaired) electrons. The number of anilines is 4. The molecule has 0 aliphatic carbocycles. The fourth-order valence-electron chi connectivity index (χ4n) is 5.56. The number of benzene rings is 4. The highest BCUT2D eigenvalue weighted by atomic mass is 35.5. The van der Waals surface area contributed by atoms with Crippen molar-refractivity contribution in [1.82, 2.24) is 19.6 Å². The summed E-state index contributed by atoms with van der Waals surface area (Å²) in [5, 5.41) is 15.6. The van der Waals surface area contributed by atoms with Gasteiger partial charge in [-0.25, -0.2) is 18.1 Å². The maximum atomic E-state index is 13.5. The zero-order chi connectivity index (χ0) is 39.1. The summed E-state index contributed by atoms with van der Waals surface area (Å²) in [6.07, 6.45) is 0. The summed E-state index contributed by atoms with van der Waals surface area (Å²) in [5.74, 6) is -1.52. The maximum Gasteiger partial charge on any atom is 0.291 e. The van der Waals surface area contributed by atoms with E-state index < -0.39 is 22.8 Å². The van der Waals surface area contributed by atoms with Crippen LogP contribution in [0.4, 0.5) is 31.5 Å². The van der Waals surface area contributed by atoms with Crippen molar-refractivity contribution in [2.75, 3.05) is 10.6 Å². The molecule has 0 saturated heterocycles. The number of aromatic nitrogens is 4. The van der Waals surface area contributed by atoms with Crippen molar-refractivity contribution in [2.24, 2.45) is 0 Å². The largest absolute Gasteiger partial charge is 0.350 e. The van der Waals surface area contributed by atoms with Gasteiger partial charge in [-0.3, -0.25) is 19.2 Å². The van der Waals surface area contributed by atoms with E-state index in [0.717, 1.165) is 0 Å². The number of nitrogens with zero attached hydrogens (tertiary/aromatic N) is 4. The number of carbonyl (C=O) groups is 2. The van der Waals surface area contributed by atoms with Gasteiger partial charge in [0.25, 0.3) is 11.1 Å². The minimum absolute atomic E-state index is 0.0555. The van der Waals surface area contributed by atoms with Crippen LogP contribution in [0, 0.1) is 11.6 Å². The topological polar surface area (TPSA) is 128 Å². The molecule has 276 valence electrons. The molecule has 0 fully saturated rings. The number of hydrogen-bond donors (Lipinski definition) is 2. The van der Waals surface area contributed by atoms with Gasteiger partial charge in [0.05, 0.1) is 11.1 Å². The first-order chi connectivity index (χ1) is 25.8. The lowest BCUT2D eigenvalue weighted by Gasteiger charge is -2.16. The van der Waals surface area contributed by atoms with Gasteiger partial charge in [-0.1, -0.05) is 47.5 Å². The van der Waals surface area contributed by atoms with Gasteiger partial charge in [-0.15, -0.1) is 0 Å². The van der Waals surface area contributed by atoms with Crippen LogP contribution in [0.3, 0.4) is 0 Å². The molecule has 6 aromatic rings. The Morgan fingerprint density at radius 3 is 1.54 bits per heavy atom. The molecular weight excluding hydrogens is 737 g/mol. The Morgan fingerprint density at radius 2 is 1.07 bits per heavy atom. The number of rotatable bonds is 10.